The number of ether oxygens (including phenoxy) is 1. The van der Waals surface area contributed by atoms with E-state index in [0.29, 0.717) is 13.2 Å². The monoisotopic (exact) mass is 197 g/mol. The number of carboxylic acid groups (broad SMARTS) is 1. The van der Waals surface area contributed by atoms with Gasteiger partial charge in [-0.15, -0.1) is 6.42 Å². The maximum Gasteiger partial charge on any atom is 0.317 e. The lowest BCUT2D eigenvalue weighted by Crippen LogP contribution is -2.42. The molecule has 1 saturated heterocycles. The molecule has 1 heterocycles. The molecule has 14 heavy (non-hydrogen) atoms. The molecule has 2 unspecified atom stereocenters. The molecule has 0 aromatic heterocycles. The van der Waals surface area contributed by atoms with E-state index in [0.717, 1.165) is 6.42 Å². The largest absolute Gasteiger partial charge is 0.480 e. The number of carbonyl (C=O) groups is 1. The van der Waals surface area contributed by atoms with E-state index >= 15 is 0 Å². The first-order valence-electron chi connectivity index (χ1n) is 4.66. The quantitative estimate of drug-likeness (QED) is 0.653. The van der Waals surface area contributed by atoms with Crippen LogP contribution in [0.5, 0.6) is 0 Å². The molecule has 0 spiro atoms. The Morgan fingerprint density at radius 2 is 2.50 bits per heavy atom. The highest BCUT2D eigenvalue weighted by atomic mass is 16.5. The first-order chi connectivity index (χ1) is 6.65. The van der Waals surface area contributed by atoms with Crippen LogP contribution in [-0.2, 0) is 9.53 Å². The molecule has 0 aromatic rings. The Hall–Kier alpha value is -1.05. The fraction of sp³-hybridized carbons (Fsp3) is 0.700. The molecule has 0 radical (unpaired) electrons. The van der Waals surface area contributed by atoms with Crippen LogP contribution in [0.2, 0.25) is 0 Å². The number of carboxylic acids is 1. The molecule has 0 saturated carbocycles. The highest BCUT2D eigenvalue weighted by Gasteiger charge is 2.30. The van der Waals surface area contributed by atoms with Gasteiger partial charge in [-0.1, -0.05) is 5.92 Å². The molecule has 0 amide bonds. The zero-order chi connectivity index (χ0) is 10.6. The Bertz CT molecular complexity index is 246. The molecule has 0 bridgehead atoms. The van der Waals surface area contributed by atoms with Crippen LogP contribution in [0.3, 0.4) is 0 Å². The molecule has 1 N–H and O–H groups in total. The normalized spacial score (nSPS) is 26.4. The van der Waals surface area contributed by atoms with Gasteiger partial charge in [-0.3, -0.25) is 9.69 Å². The van der Waals surface area contributed by atoms with Crippen LogP contribution in [-0.4, -0.2) is 47.8 Å². The number of terminal acetylenes is 1. The Morgan fingerprint density at radius 1 is 1.79 bits per heavy atom. The van der Waals surface area contributed by atoms with E-state index in [1.54, 1.807) is 4.90 Å². The molecule has 0 aromatic carbocycles. The van der Waals surface area contributed by atoms with Gasteiger partial charge in [0, 0.05) is 12.6 Å². The summed E-state index contributed by atoms with van der Waals surface area (Å²) in [5.41, 5.74) is 0. The molecular weight excluding hydrogens is 182 g/mol. The lowest BCUT2D eigenvalue weighted by Gasteiger charge is -2.27. The van der Waals surface area contributed by atoms with Gasteiger partial charge in [-0.2, -0.15) is 0 Å². The van der Waals surface area contributed by atoms with Crippen molar-refractivity contribution in [2.45, 2.75) is 25.5 Å². The predicted octanol–water partition coefficient (Wildman–Crippen LogP) is 0.184. The molecule has 1 fully saturated rings. The van der Waals surface area contributed by atoms with Crippen LogP contribution in [0.15, 0.2) is 0 Å². The van der Waals surface area contributed by atoms with Gasteiger partial charge in [0.15, 0.2) is 0 Å². The zero-order valence-electron chi connectivity index (χ0n) is 8.27. The average Bonchev–Trinajstić information content (AvgIpc) is 2.50. The highest BCUT2D eigenvalue weighted by molar-refractivity contribution is 5.69. The molecule has 4 nitrogen and oxygen atoms in total. The number of hydrogen-bond donors (Lipinski definition) is 1. The van der Waals surface area contributed by atoms with E-state index in [-0.39, 0.29) is 18.7 Å². The fourth-order valence-corrected chi connectivity index (χ4v) is 1.78. The third kappa shape index (κ3) is 2.72. The van der Waals surface area contributed by atoms with Crippen molar-refractivity contribution in [1.29, 1.82) is 0 Å². The lowest BCUT2D eigenvalue weighted by atomic mass is 10.1. The minimum atomic E-state index is -0.848. The van der Waals surface area contributed by atoms with Gasteiger partial charge < -0.3 is 9.84 Å². The van der Waals surface area contributed by atoms with Gasteiger partial charge in [0.05, 0.1) is 19.2 Å². The van der Waals surface area contributed by atoms with Gasteiger partial charge in [-0.25, -0.2) is 0 Å². The second kappa shape index (κ2) is 4.99. The van der Waals surface area contributed by atoms with Crippen LogP contribution in [0.1, 0.15) is 13.3 Å². The molecule has 1 rings (SSSR count). The van der Waals surface area contributed by atoms with Crippen LogP contribution in [0.4, 0.5) is 0 Å². The van der Waals surface area contributed by atoms with Crippen LogP contribution in [0.25, 0.3) is 0 Å². The smallest absolute Gasteiger partial charge is 0.317 e. The standard InChI is InChI=1S/C10H15NO3/c1-3-5-11(7-10(12)13)9-4-6-14-8(9)2/h1,8-9H,4-7H2,2H3,(H,12,13). The van der Waals surface area contributed by atoms with Gasteiger partial charge in [0.1, 0.15) is 0 Å². The van der Waals surface area contributed by atoms with Crippen molar-refractivity contribution in [3.63, 3.8) is 0 Å². The lowest BCUT2D eigenvalue weighted by molar-refractivity contribution is -0.138. The van der Waals surface area contributed by atoms with Gasteiger partial charge in [0.25, 0.3) is 0 Å². The van der Waals surface area contributed by atoms with Gasteiger partial charge in [-0.05, 0) is 13.3 Å². The van der Waals surface area contributed by atoms with E-state index in [4.69, 9.17) is 16.3 Å². The third-order valence-electron chi connectivity index (χ3n) is 2.44. The minimum Gasteiger partial charge on any atom is -0.480 e. The Kier molecular flexibility index (Phi) is 3.93. The summed E-state index contributed by atoms with van der Waals surface area (Å²) in [5.74, 6) is 1.63. The van der Waals surface area contributed by atoms with E-state index in [1.165, 1.54) is 0 Å². The topological polar surface area (TPSA) is 49.8 Å². The second-order valence-electron chi connectivity index (χ2n) is 3.43. The summed E-state index contributed by atoms with van der Waals surface area (Å²) in [4.78, 5) is 12.4. The first-order valence-corrected chi connectivity index (χ1v) is 4.66. The second-order valence-corrected chi connectivity index (χ2v) is 3.43. The van der Waals surface area contributed by atoms with Crippen molar-refractivity contribution in [3.8, 4) is 12.3 Å². The number of aliphatic carboxylic acids is 1. The SMILES string of the molecule is C#CCN(CC(=O)O)C1CCOC1C. The number of rotatable bonds is 4. The maximum absolute atomic E-state index is 10.6. The van der Waals surface area contributed by atoms with Crippen LogP contribution >= 0.6 is 0 Å². The molecular formula is C10H15NO3. The van der Waals surface area contributed by atoms with E-state index in [1.807, 2.05) is 6.92 Å². The minimum absolute atomic E-state index is 0.0113. The summed E-state index contributed by atoms with van der Waals surface area (Å²) >= 11 is 0. The van der Waals surface area contributed by atoms with Crippen LogP contribution in [0, 0.1) is 12.3 Å². The molecule has 1 aliphatic heterocycles. The Morgan fingerprint density at radius 3 is 2.93 bits per heavy atom. The highest BCUT2D eigenvalue weighted by Crippen LogP contribution is 2.18. The van der Waals surface area contributed by atoms with Crippen molar-refractivity contribution < 1.29 is 14.6 Å². The van der Waals surface area contributed by atoms with Crippen molar-refractivity contribution in [3.05, 3.63) is 0 Å². The Labute approximate surface area is 83.8 Å². The van der Waals surface area contributed by atoms with E-state index < -0.39 is 5.97 Å². The van der Waals surface area contributed by atoms with Crippen molar-refractivity contribution >= 4 is 5.97 Å². The van der Waals surface area contributed by atoms with E-state index in [9.17, 15) is 4.79 Å². The summed E-state index contributed by atoms with van der Waals surface area (Å²) in [6, 6.07) is 0.141. The molecule has 0 aliphatic carbocycles. The number of hydrogen-bond acceptors (Lipinski definition) is 3. The average molecular weight is 197 g/mol. The van der Waals surface area contributed by atoms with Crippen LogP contribution < -0.4 is 0 Å². The summed E-state index contributed by atoms with van der Waals surface area (Å²) in [7, 11) is 0. The molecule has 4 heteroatoms. The molecule has 1 aliphatic rings. The van der Waals surface area contributed by atoms with E-state index in [2.05, 4.69) is 5.92 Å². The van der Waals surface area contributed by atoms with Gasteiger partial charge >= 0.3 is 5.97 Å². The fourth-order valence-electron chi connectivity index (χ4n) is 1.78. The molecule has 2 atom stereocenters. The third-order valence-corrected chi connectivity index (χ3v) is 2.44. The summed E-state index contributed by atoms with van der Waals surface area (Å²) in [6.45, 7) is 2.99. The Balaban J connectivity index is 2.57. The maximum atomic E-state index is 10.6. The summed E-state index contributed by atoms with van der Waals surface area (Å²) < 4.78 is 5.37. The summed E-state index contributed by atoms with van der Waals surface area (Å²) in [6.07, 6.45) is 6.12. The molecule has 78 valence electrons. The van der Waals surface area contributed by atoms with Crippen molar-refractivity contribution in [1.82, 2.24) is 4.90 Å². The summed E-state index contributed by atoms with van der Waals surface area (Å²) in [5, 5.41) is 8.71. The number of nitrogens with zero attached hydrogens (tertiary/aromatic N) is 1. The first kappa shape index (κ1) is 11.0. The predicted molar refractivity (Wildman–Crippen MR) is 51.9 cm³/mol. The van der Waals surface area contributed by atoms with Crippen molar-refractivity contribution in [2.24, 2.45) is 0 Å². The van der Waals surface area contributed by atoms with Gasteiger partial charge in [0.2, 0.25) is 0 Å². The zero-order valence-corrected chi connectivity index (χ0v) is 8.27. The van der Waals surface area contributed by atoms with Crippen molar-refractivity contribution in [2.75, 3.05) is 19.7 Å².